The number of aromatic amines is 1. The number of hydrogen-bond acceptors (Lipinski definition) is 9. The van der Waals surface area contributed by atoms with E-state index in [0.717, 1.165) is 68.1 Å². The van der Waals surface area contributed by atoms with Crippen molar-refractivity contribution in [3.05, 3.63) is 40.6 Å². The third-order valence-corrected chi connectivity index (χ3v) is 10.3. The van der Waals surface area contributed by atoms with Gasteiger partial charge in [-0.1, -0.05) is 18.5 Å². The van der Waals surface area contributed by atoms with E-state index in [-0.39, 0.29) is 34.6 Å². The predicted octanol–water partition coefficient (Wildman–Crippen LogP) is 5.65. The topological polar surface area (TPSA) is 118 Å². The quantitative estimate of drug-likeness (QED) is 0.267. The molecule has 0 amide bonds. The standard InChI is InChI=1S/C33H38ClFN8O2/c1-19-16-42(12-13-44-17-19)31-27-23(6-9-36)38-29(26-21-15-37-41-24(21)14-22(34)25(26)20-4-5-20)28(35)30(27)39-32(40-31)45-18-33-7-2-10-43(33)11-3-8-33/h6,9,14-15,19-20H,2-5,7-8,10-13,16-18,36H2,1H3,(H,37,41)/b9-6-. The average molecular weight is 633 g/mol. The number of benzene rings is 1. The molecule has 0 radical (unpaired) electrons. The lowest BCUT2D eigenvalue weighted by molar-refractivity contribution is 0.108. The molecule has 4 aliphatic rings. The van der Waals surface area contributed by atoms with Crippen molar-refractivity contribution in [2.45, 2.75) is 56.9 Å². The fourth-order valence-corrected chi connectivity index (χ4v) is 8.12. The van der Waals surface area contributed by atoms with E-state index in [1.54, 1.807) is 12.3 Å². The van der Waals surface area contributed by atoms with Crippen molar-refractivity contribution < 1.29 is 13.9 Å². The van der Waals surface area contributed by atoms with Gasteiger partial charge in [0, 0.05) is 29.1 Å². The first-order chi connectivity index (χ1) is 22.0. The second kappa shape index (κ2) is 11.4. The van der Waals surface area contributed by atoms with Crippen molar-refractivity contribution in [1.82, 2.24) is 30.0 Å². The maximum atomic E-state index is 17.3. The second-order valence-corrected chi connectivity index (χ2v) is 13.6. The number of nitrogens with one attached hydrogen (secondary N) is 1. The minimum atomic E-state index is -0.542. The van der Waals surface area contributed by atoms with Gasteiger partial charge >= 0.3 is 6.01 Å². The summed E-state index contributed by atoms with van der Waals surface area (Å²) < 4.78 is 29.6. The molecule has 4 aromatic rings. The van der Waals surface area contributed by atoms with Crippen molar-refractivity contribution >= 4 is 45.3 Å². The van der Waals surface area contributed by atoms with Crippen LogP contribution >= 0.6 is 11.6 Å². The Morgan fingerprint density at radius 3 is 2.80 bits per heavy atom. The van der Waals surface area contributed by atoms with Gasteiger partial charge in [-0.25, -0.2) is 9.37 Å². The van der Waals surface area contributed by atoms with E-state index in [1.807, 2.05) is 6.07 Å². The number of rotatable bonds is 7. The molecule has 8 rings (SSSR count). The molecule has 1 atom stereocenters. The van der Waals surface area contributed by atoms with Crippen LogP contribution in [0.2, 0.25) is 5.02 Å². The Morgan fingerprint density at radius 1 is 1.20 bits per heavy atom. The van der Waals surface area contributed by atoms with Gasteiger partial charge in [0.1, 0.15) is 23.6 Å². The predicted molar refractivity (Wildman–Crippen MR) is 173 cm³/mol. The van der Waals surface area contributed by atoms with E-state index in [4.69, 9.17) is 41.8 Å². The van der Waals surface area contributed by atoms with Crippen molar-refractivity contribution in [3.8, 4) is 17.3 Å². The third-order valence-electron chi connectivity index (χ3n) is 10.0. The molecule has 1 aromatic carbocycles. The zero-order chi connectivity index (χ0) is 30.7. The molecule has 45 heavy (non-hydrogen) atoms. The van der Waals surface area contributed by atoms with Gasteiger partial charge in [-0.05, 0) is 87.4 Å². The number of H-pyrrole nitrogens is 1. The molecule has 0 bridgehead atoms. The Kier molecular flexibility index (Phi) is 7.30. The van der Waals surface area contributed by atoms with Crippen molar-refractivity contribution in [3.63, 3.8) is 0 Å². The molecule has 0 spiro atoms. The molecular weight excluding hydrogens is 595 g/mol. The average Bonchev–Trinajstić information content (AvgIpc) is 3.51. The van der Waals surface area contributed by atoms with Crippen LogP contribution in [0.15, 0.2) is 18.5 Å². The molecule has 1 saturated carbocycles. The Balaban J connectivity index is 1.35. The van der Waals surface area contributed by atoms with Gasteiger partial charge in [0.15, 0.2) is 5.82 Å². The highest BCUT2D eigenvalue weighted by Gasteiger charge is 2.45. The Hall–Kier alpha value is -3.54. The summed E-state index contributed by atoms with van der Waals surface area (Å²) in [7, 11) is 0. The van der Waals surface area contributed by atoms with Crippen LogP contribution in [0, 0.1) is 11.7 Å². The van der Waals surface area contributed by atoms with Crippen molar-refractivity contribution in [2.75, 3.05) is 50.9 Å². The molecule has 236 valence electrons. The molecular formula is C33H38ClFN8O2. The van der Waals surface area contributed by atoms with Gasteiger partial charge in [0.05, 0.1) is 41.5 Å². The normalized spacial score (nSPS) is 22.1. The lowest BCUT2D eigenvalue weighted by Gasteiger charge is -2.31. The number of nitrogens with zero attached hydrogens (tertiary/aromatic N) is 6. The number of nitrogens with two attached hydrogens (primary N) is 1. The molecule has 3 N–H and O–H groups in total. The van der Waals surface area contributed by atoms with Crippen LogP contribution in [0.4, 0.5) is 10.2 Å². The summed E-state index contributed by atoms with van der Waals surface area (Å²) in [6.45, 7) is 7.25. The second-order valence-electron chi connectivity index (χ2n) is 13.2. The number of hydrogen-bond donors (Lipinski definition) is 2. The zero-order valence-corrected chi connectivity index (χ0v) is 26.2. The number of aromatic nitrogens is 5. The number of fused-ring (bicyclic) bond motifs is 3. The van der Waals surface area contributed by atoms with Gasteiger partial charge < -0.3 is 20.1 Å². The smallest absolute Gasteiger partial charge is 0.319 e. The first-order valence-corrected chi connectivity index (χ1v) is 16.5. The number of halogens is 2. The molecule has 4 fully saturated rings. The molecule has 6 heterocycles. The van der Waals surface area contributed by atoms with Crippen molar-refractivity contribution in [2.24, 2.45) is 11.7 Å². The van der Waals surface area contributed by atoms with E-state index < -0.39 is 5.82 Å². The summed E-state index contributed by atoms with van der Waals surface area (Å²) >= 11 is 6.85. The Morgan fingerprint density at radius 2 is 2.02 bits per heavy atom. The Labute approximate surface area is 266 Å². The molecule has 10 nitrogen and oxygen atoms in total. The molecule has 3 saturated heterocycles. The van der Waals surface area contributed by atoms with Gasteiger partial charge in [-0.3, -0.25) is 10.00 Å². The maximum absolute atomic E-state index is 17.3. The highest BCUT2D eigenvalue weighted by molar-refractivity contribution is 6.33. The molecule has 3 aromatic heterocycles. The third kappa shape index (κ3) is 4.99. The number of ether oxygens (including phenoxy) is 2. The molecule has 1 aliphatic carbocycles. The summed E-state index contributed by atoms with van der Waals surface area (Å²) in [6, 6.07) is 2.04. The van der Waals surface area contributed by atoms with E-state index >= 15 is 4.39 Å². The fourth-order valence-electron chi connectivity index (χ4n) is 7.76. The van der Waals surface area contributed by atoms with Crippen LogP contribution in [0.25, 0.3) is 39.1 Å². The molecule has 1 unspecified atom stereocenters. The minimum Gasteiger partial charge on any atom is -0.461 e. The fraction of sp³-hybridized carbons (Fsp3) is 0.515. The number of anilines is 1. The lowest BCUT2D eigenvalue weighted by Crippen LogP contribution is -2.43. The van der Waals surface area contributed by atoms with Crippen LogP contribution in [0.5, 0.6) is 6.01 Å². The molecule has 3 aliphatic heterocycles. The van der Waals surface area contributed by atoms with Crippen LogP contribution in [-0.4, -0.2) is 81.6 Å². The lowest BCUT2D eigenvalue weighted by atomic mass is 9.95. The van der Waals surface area contributed by atoms with Crippen LogP contribution in [-0.2, 0) is 4.74 Å². The summed E-state index contributed by atoms with van der Waals surface area (Å²) in [4.78, 5) is 19.4. The maximum Gasteiger partial charge on any atom is 0.319 e. The minimum absolute atomic E-state index is 0.00826. The van der Waals surface area contributed by atoms with Crippen molar-refractivity contribution in [1.29, 1.82) is 0 Å². The van der Waals surface area contributed by atoms with E-state index in [1.165, 1.54) is 6.20 Å². The first kappa shape index (κ1) is 28.9. The summed E-state index contributed by atoms with van der Waals surface area (Å²) in [5.74, 6) is 0.516. The highest BCUT2D eigenvalue weighted by atomic mass is 35.5. The number of pyridine rings is 1. The highest BCUT2D eigenvalue weighted by Crippen LogP contribution is 2.50. The summed E-state index contributed by atoms with van der Waals surface area (Å²) in [6.07, 6.45) is 11.3. The van der Waals surface area contributed by atoms with Crippen LogP contribution in [0.3, 0.4) is 0 Å². The van der Waals surface area contributed by atoms with Gasteiger partial charge in [0.2, 0.25) is 0 Å². The zero-order valence-electron chi connectivity index (χ0n) is 25.5. The Bertz CT molecular complexity index is 1800. The SMILES string of the molecule is CC1COCCN(c2nc(OCC34CCCN3CCC4)nc3c(F)c(-c4c(C5CC5)c(Cl)cc5[nH]ncc45)nc(/C=C\N)c23)C1. The monoisotopic (exact) mass is 632 g/mol. The summed E-state index contributed by atoms with van der Waals surface area (Å²) in [5, 5.41) is 9.09. The van der Waals surface area contributed by atoms with Gasteiger partial charge in [-0.2, -0.15) is 15.1 Å². The van der Waals surface area contributed by atoms with E-state index in [2.05, 4.69) is 26.9 Å². The van der Waals surface area contributed by atoms with Gasteiger partial charge in [-0.15, -0.1) is 0 Å². The summed E-state index contributed by atoms with van der Waals surface area (Å²) in [5.41, 5.74) is 9.04. The van der Waals surface area contributed by atoms with E-state index in [0.29, 0.717) is 60.4 Å². The van der Waals surface area contributed by atoms with Gasteiger partial charge in [0.25, 0.3) is 0 Å². The van der Waals surface area contributed by atoms with E-state index in [9.17, 15) is 0 Å². The largest absolute Gasteiger partial charge is 0.461 e. The first-order valence-electron chi connectivity index (χ1n) is 16.1. The molecule has 12 heteroatoms. The van der Waals surface area contributed by atoms with Crippen LogP contribution < -0.4 is 15.4 Å². The van der Waals surface area contributed by atoms with Crippen LogP contribution in [0.1, 0.15) is 62.6 Å².